The van der Waals surface area contributed by atoms with Crippen LogP contribution in [0.25, 0.3) is 0 Å². The molecule has 1 aromatic rings. The lowest BCUT2D eigenvalue weighted by atomic mass is 10.2. The van der Waals surface area contributed by atoms with Gasteiger partial charge >= 0.3 is 0 Å². The number of rotatable bonds is 4. The highest BCUT2D eigenvalue weighted by Gasteiger charge is 2.23. The number of methoxy groups -OCH3 is 2. The van der Waals surface area contributed by atoms with Gasteiger partial charge in [-0.1, -0.05) is 6.07 Å². The van der Waals surface area contributed by atoms with Crippen molar-refractivity contribution >= 4 is 11.8 Å². The second kappa shape index (κ2) is 4.91. The molecule has 0 aliphatic carbocycles. The Balaban J connectivity index is 2.20. The van der Waals surface area contributed by atoms with Crippen molar-refractivity contribution in [2.75, 3.05) is 14.2 Å². The van der Waals surface area contributed by atoms with Crippen LogP contribution in [-0.2, 0) is 16.1 Å². The summed E-state index contributed by atoms with van der Waals surface area (Å²) in [6, 6.07) is 5.28. The van der Waals surface area contributed by atoms with Gasteiger partial charge in [-0.15, -0.1) is 0 Å². The van der Waals surface area contributed by atoms with Gasteiger partial charge in [0.25, 0.3) is 11.8 Å². The van der Waals surface area contributed by atoms with Crippen molar-refractivity contribution in [2.45, 2.75) is 6.54 Å². The first kappa shape index (κ1) is 12.2. The van der Waals surface area contributed by atoms with Crippen LogP contribution in [0.15, 0.2) is 30.4 Å². The van der Waals surface area contributed by atoms with Crippen molar-refractivity contribution in [1.82, 2.24) is 4.90 Å². The first-order valence-corrected chi connectivity index (χ1v) is 5.40. The zero-order valence-corrected chi connectivity index (χ0v) is 10.2. The van der Waals surface area contributed by atoms with E-state index in [0.717, 1.165) is 5.56 Å². The van der Waals surface area contributed by atoms with Gasteiger partial charge in [-0.05, 0) is 17.7 Å². The molecule has 1 aliphatic rings. The molecule has 0 fully saturated rings. The molecule has 1 aliphatic heterocycles. The number of benzene rings is 1. The fraction of sp³-hybridized carbons (Fsp3) is 0.231. The van der Waals surface area contributed by atoms with E-state index in [1.165, 1.54) is 24.2 Å². The topological polar surface area (TPSA) is 55.8 Å². The Morgan fingerprint density at radius 2 is 1.61 bits per heavy atom. The number of nitrogens with zero attached hydrogens (tertiary/aromatic N) is 1. The lowest BCUT2D eigenvalue weighted by molar-refractivity contribution is -0.137. The van der Waals surface area contributed by atoms with Gasteiger partial charge in [-0.25, -0.2) is 0 Å². The molecule has 2 rings (SSSR count). The Morgan fingerprint density at radius 3 is 2.17 bits per heavy atom. The summed E-state index contributed by atoms with van der Waals surface area (Å²) >= 11 is 0. The quantitative estimate of drug-likeness (QED) is 0.748. The van der Waals surface area contributed by atoms with Gasteiger partial charge in [0, 0.05) is 12.2 Å². The number of carbonyl (C=O) groups is 2. The number of carbonyl (C=O) groups excluding carboxylic acids is 2. The fourth-order valence-electron chi connectivity index (χ4n) is 1.75. The van der Waals surface area contributed by atoms with Crippen LogP contribution in [-0.4, -0.2) is 30.9 Å². The average Bonchev–Trinajstić information content (AvgIpc) is 2.70. The van der Waals surface area contributed by atoms with E-state index in [1.54, 1.807) is 25.3 Å². The summed E-state index contributed by atoms with van der Waals surface area (Å²) in [5, 5.41) is 0. The van der Waals surface area contributed by atoms with E-state index in [-0.39, 0.29) is 18.4 Å². The van der Waals surface area contributed by atoms with Crippen LogP contribution in [0.1, 0.15) is 5.56 Å². The Morgan fingerprint density at radius 1 is 1.00 bits per heavy atom. The highest BCUT2D eigenvalue weighted by molar-refractivity contribution is 6.12. The molecule has 0 radical (unpaired) electrons. The zero-order chi connectivity index (χ0) is 13.1. The van der Waals surface area contributed by atoms with Crippen LogP contribution in [0, 0.1) is 0 Å². The lowest BCUT2D eigenvalue weighted by Crippen LogP contribution is -2.29. The number of ether oxygens (including phenoxy) is 2. The van der Waals surface area contributed by atoms with Crippen molar-refractivity contribution in [3.63, 3.8) is 0 Å². The van der Waals surface area contributed by atoms with Gasteiger partial charge in [0.1, 0.15) is 0 Å². The summed E-state index contributed by atoms with van der Waals surface area (Å²) in [7, 11) is 3.09. The van der Waals surface area contributed by atoms with Crippen LogP contribution in [0.3, 0.4) is 0 Å². The van der Waals surface area contributed by atoms with Crippen molar-refractivity contribution < 1.29 is 19.1 Å². The normalized spacial score (nSPS) is 14.2. The second-order valence-electron chi connectivity index (χ2n) is 3.79. The maximum Gasteiger partial charge on any atom is 0.253 e. The third-order valence-corrected chi connectivity index (χ3v) is 2.69. The molecular weight excluding hydrogens is 234 g/mol. The molecule has 0 unspecified atom stereocenters. The molecule has 0 aromatic heterocycles. The highest BCUT2D eigenvalue weighted by atomic mass is 16.5. The smallest absolute Gasteiger partial charge is 0.253 e. The number of hydrogen-bond donors (Lipinski definition) is 0. The number of hydrogen-bond acceptors (Lipinski definition) is 4. The zero-order valence-electron chi connectivity index (χ0n) is 10.2. The van der Waals surface area contributed by atoms with E-state index in [9.17, 15) is 9.59 Å². The van der Waals surface area contributed by atoms with E-state index in [1.807, 2.05) is 0 Å². The Bertz CT molecular complexity index is 504. The molecule has 0 saturated heterocycles. The second-order valence-corrected chi connectivity index (χ2v) is 3.79. The average molecular weight is 247 g/mol. The summed E-state index contributed by atoms with van der Waals surface area (Å²) in [5.41, 5.74) is 0.804. The van der Waals surface area contributed by atoms with Gasteiger partial charge in [-0.3, -0.25) is 14.5 Å². The first-order chi connectivity index (χ1) is 8.65. The molecule has 0 N–H and O–H groups in total. The van der Waals surface area contributed by atoms with E-state index in [0.29, 0.717) is 11.5 Å². The number of imide groups is 1. The predicted octanol–water partition coefficient (Wildman–Crippen LogP) is 1.13. The highest BCUT2D eigenvalue weighted by Crippen LogP contribution is 2.28. The molecule has 2 amide bonds. The van der Waals surface area contributed by atoms with Crippen LogP contribution in [0.2, 0.25) is 0 Å². The SMILES string of the molecule is COc1ccc(CN2C(=O)C=CC2=O)cc1OC. The predicted molar refractivity (Wildman–Crippen MR) is 64.2 cm³/mol. The largest absolute Gasteiger partial charge is 0.493 e. The van der Waals surface area contributed by atoms with Crippen molar-refractivity contribution in [1.29, 1.82) is 0 Å². The molecule has 5 nitrogen and oxygen atoms in total. The van der Waals surface area contributed by atoms with E-state index >= 15 is 0 Å². The minimum atomic E-state index is -0.296. The Hall–Kier alpha value is -2.30. The number of amides is 2. The van der Waals surface area contributed by atoms with Crippen molar-refractivity contribution in [3.05, 3.63) is 35.9 Å². The maximum atomic E-state index is 11.4. The molecule has 0 atom stereocenters. The van der Waals surface area contributed by atoms with Crippen molar-refractivity contribution in [3.8, 4) is 11.5 Å². The molecular formula is C13H13NO4. The van der Waals surface area contributed by atoms with Crippen LogP contribution < -0.4 is 9.47 Å². The summed E-state index contributed by atoms with van der Waals surface area (Å²) in [4.78, 5) is 24.0. The Kier molecular flexibility index (Phi) is 3.32. The summed E-state index contributed by atoms with van der Waals surface area (Å²) < 4.78 is 10.3. The minimum Gasteiger partial charge on any atom is -0.493 e. The molecule has 1 aromatic carbocycles. The molecule has 0 saturated carbocycles. The fourth-order valence-corrected chi connectivity index (χ4v) is 1.75. The minimum absolute atomic E-state index is 0.227. The molecule has 0 spiro atoms. The van der Waals surface area contributed by atoms with Gasteiger partial charge in [0.15, 0.2) is 11.5 Å². The molecule has 5 heteroatoms. The monoisotopic (exact) mass is 247 g/mol. The van der Waals surface area contributed by atoms with Crippen molar-refractivity contribution in [2.24, 2.45) is 0 Å². The van der Waals surface area contributed by atoms with Gasteiger partial charge in [-0.2, -0.15) is 0 Å². The standard InChI is InChI=1S/C13H13NO4/c1-17-10-4-3-9(7-11(10)18-2)8-14-12(15)5-6-13(14)16/h3-7H,8H2,1-2H3. The van der Waals surface area contributed by atoms with Gasteiger partial charge < -0.3 is 9.47 Å². The molecule has 0 bridgehead atoms. The lowest BCUT2D eigenvalue weighted by Gasteiger charge is -2.15. The third-order valence-electron chi connectivity index (χ3n) is 2.69. The first-order valence-electron chi connectivity index (χ1n) is 5.40. The van der Waals surface area contributed by atoms with E-state index in [4.69, 9.17) is 9.47 Å². The molecule has 1 heterocycles. The summed E-state index contributed by atoms with van der Waals surface area (Å²) in [6.07, 6.45) is 2.53. The van der Waals surface area contributed by atoms with Gasteiger partial charge in [0.05, 0.1) is 20.8 Å². The molecule has 94 valence electrons. The van der Waals surface area contributed by atoms with Gasteiger partial charge in [0.2, 0.25) is 0 Å². The van der Waals surface area contributed by atoms with Crippen LogP contribution in [0.5, 0.6) is 11.5 Å². The van der Waals surface area contributed by atoms with Crippen LogP contribution >= 0.6 is 0 Å². The summed E-state index contributed by atoms with van der Waals surface area (Å²) in [6.45, 7) is 0.227. The van der Waals surface area contributed by atoms with E-state index < -0.39 is 0 Å². The summed E-state index contributed by atoms with van der Waals surface area (Å²) in [5.74, 6) is 0.588. The van der Waals surface area contributed by atoms with E-state index in [2.05, 4.69) is 0 Å². The van der Waals surface area contributed by atoms with Crippen LogP contribution in [0.4, 0.5) is 0 Å². The molecule has 18 heavy (non-hydrogen) atoms. The third kappa shape index (κ3) is 2.20. The maximum absolute atomic E-state index is 11.4. The Labute approximate surface area is 105 Å².